The summed E-state index contributed by atoms with van der Waals surface area (Å²) in [6.07, 6.45) is 2.41. The maximum absolute atomic E-state index is 5.88. The van der Waals surface area contributed by atoms with Crippen LogP contribution in [0.1, 0.15) is 19.4 Å². The third-order valence-corrected chi connectivity index (χ3v) is 4.21. The van der Waals surface area contributed by atoms with Gasteiger partial charge >= 0.3 is 0 Å². The van der Waals surface area contributed by atoms with Crippen LogP contribution in [0.2, 0.25) is 0 Å². The van der Waals surface area contributed by atoms with Crippen LogP contribution in [0, 0.1) is 5.92 Å². The zero-order chi connectivity index (χ0) is 15.4. The quantitative estimate of drug-likeness (QED) is 0.861. The topological polar surface area (TPSA) is 40.3 Å². The molecule has 4 heteroatoms. The van der Waals surface area contributed by atoms with Crippen molar-refractivity contribution in [1.82, 2.24) is 15.2 Å². The highest BCUT2D eigenvalue weighted by molar-refractivity contribution is 5.82. The maximum atomic E-state index is 5.88. The molecule has 0 aliphatic carbocycles. The summed E-state index contributed by atoms with van der Waals surface area (Å²) in [4.78, 5) is 5.85. The van der Waals surface area contributed by atoms with Crippen molar-refractivity contribution in [3.63, 3.8) is 0 Å². The number of hydrogen-bond acceptors (Lipinski definition) is 3. The number of ether oxygens (including phenoxy) is 1. The summed E-state index contributed by atoms with van der Waals surface area (Å²) in [5.41, 5.74) is 2.53. The van der Waals surface area contributed by atoms with E-state index in [0.29, 0.717) is 6.10 Å². The molecule has 1 aromatic carbocycles. The molecule has 120 valence electrons. The Morgan fingerprint density at radius 2 is 2.23 bits per heavy atom. The molecule has 0 saturated carbocycles. The number of morpholine rings is 1. The Balaban J connectivity index is 1.48. The lowest BCUT2D eigenvalue weighted by Crippen LogP contribution is -2.47. The molecular formula is C18H27N3O. The summed E-state index contributed by atoms with van der Waals surface area (Å²) in [5, 5.41) is 4.86. The fourth-order valence-electron chi connectivity index (χ4n) is 3.23. The lowest BCUT2D eigenvalue weighted by molar-refractivity contribution is -0.0303. The van der Waals surface area contributed by atoms with Crippen LogP contribution in [-0.4, -0.2) is 48.8 Å². The van der Waals surface area contributed by atoms with Crippen LogP contribution < -0.4 is 5.32 Å². The summed E-state index contributed by atoms with van der Waals surface area (Å²) in [7, 11) is 0. The second-order valence-electron chi connectivity index (χ2n) is 6.64. The van der Waals surface area contributed by atoms with E-state index in [1.165, 1.54) is 23.0 Å². The Labute approximate surface area is 132 Å². The zero-order valence-corrected chi connectivity index (χ0v) is 13.6. The van der Waals surface area contributed by atoms with E-state index in [9.17, 15) is 0 Å². The molecule has 3 rings (SSSR count). The first-order valence-corrected chi connectivity index (χ1v) is 8.32. The van der Waals surface area contributed by atoms with Gasteiger partial charge in [0.2, 0.25) is 0 Å². The van der Waals surface area contributed by atoms with E-state index in [1.54, 1.807) is 0 Å². The Hall–Kier alpha value is -1.36. The predicted octanol–water partition coefficient (Wildman–Crippen LogP) is 2.61. The monoisotopic (exact) mass is 301 g/mol. The minimum atomic E-state index is 0.303. The number of para-hydroxylation sites is 1. The van der Waals surface area contributed by atoms with Gasteiger partial charge in [0.25, 0.3) is 0 Å². The smallest absolute Gasteiger partial charge is 0.0826 e. The fourth-order valence-corrected chi connectivity index (χ4v) is 3.23. The normalized spacial score (nSPS) is 20.0. The van der Waals surface area contributed by atoms with Crippen LogP contribution in [0.25, 0.3) is 10.9 Å². The Bertz CT molecular complexity index is 593. The molecule has 1 unspecified atom stereocenters. The minimum Gasteiger partial charge on any atom is -0.374 e. The largest absolute Gasteiger partial charge is 0.374 e. The molecule has 0 bridgehead atoms. The number of fused-ring (bicyclic) bond motifs is 1. The van der Waals surface area contributed by atoms with Gasteiger partial charge in [0.05, 0.1) is 12.7 Å². The number of nitrogens with one attached hydrogen (secondary N) is 2. The second kappa shape index (κ2) is 7.27. The molecule has 0 radical (unpaired) electrons. The molecule has 0 amide bonds. The van der Waals surface area contributed by atoms with Crippen molar-refractivity contribution in [2.24, 2.45) is 5.92 Å². The zero-order valence-electron chi connectivity index (χ0n) is 13.6. The van der Waals surface area contributed by atoms with E-state index in [4.69, 9.17) is 4.74 Å². The first-order chi connectivity index (χ1) is 10.7. The van der Waals surface area contributed by atoms with Crippen LogP contribution in [0.15, 0.2) is 30.5 Å². The Morgan fingerprint density at radius 1 is 1.36 bits per heavy atom. The molecular weight excluding hydrogens is 274 g/mol. The summed E-state index contributed by atoms with van der Waals surface area (Å²) < 4.78 is 5.88. The maximum Gasteiger partial charge on any atom is 0.0826 e. The number of hydrogen-bond donors (Lipinski definition) is 2. The molecule has 0 spiro atoms. The first-order valence-electron chi connectivity index (χ1n) is 8.32. The molecule has 22 heavy (non-hydrogen) atoms. The van der Waals surface area contributed by atoms with Crippen molar-refractivity contribution in [2.45, 2.75) is 26.5 Å². The molecule has 1 atom stereocenters. The average molecular weight is 301 g/mol. The molecule has 1 fully saturated rings. The summed E-state index contributed by atoms with van der Waals surface area (Å²) in [6, 6.07) is 8.44. The highest BCUT2D eigenvalue weighted by atomic mass is 16.5. The molecule has 1 saturated heterocycles. The number of aromatic nitrogens is 1. The van der Waals surface area contributed by atoms with Gasteiger partial charge in [-0.25, -0.2) is 0 Å². The number of aromatic amines is 1. The van der Waals surface area contributed by atoms with E-state index in [1.807, 2.05) is 0 Å². The number of H-pyrrole nitrogens is 1. The van der Waals surface area contributed by atoms with Crippen LogP contribution in [0.3, 0.4) is 0 Å². The van der Waals surface area contributed by atoms with Gasteiger partial charge in [-0.2, -0.15) is 0 Å². The van der Waals surface area contributed by atoms with Gasteiger partial charge in [-0.05, 0) is 17.5 Å². The van der Waals surface area contributed by atoms with Crippen LogP contribution >= 0.6 is 0 Å². The number of benzene rings is 1. The standard InChI is InChI=1S/C18H27N3O/c1-14(2)12-21-7-8-22-16(13-21)11-19-9-15-10-20-18-6-4-3-5-17(15)18/h3-6,10,14,16,19-20H,7-9,11-13H2,1-2H3. The Morgan fingerprint density at radius 3 is 3.09 bits per heavy atom. The van der Waals surface area contributed by atoms with E-state index < -0.39 is 0 Å². The van der Waals surface area contributed by atoms with E-state index in [0.717, 1.165) is 38.7 Å². The third kappa shape index (κ3) is 3.88. The second-order valence-corrected chi connectivity index (χ2v) is 6.64. The van der Waals surface area contributed by atoms with Gasteiger partial charge in [0, 0.05) is 49.8 Å². The van der Waals surface area contributed by atoms with Gasteiger partial charge in [-0.1, -0.05) is 32.0 Å². The van der Waals surface area contributed by atoms with Gasteiger partial charge in [-0.3, -0.25) is 4.90 Å². The number of rotatable bonds is 6. The highest BCUT2D eigenvalue weighted by Gasteiger charge is 2.20. The van der Waals surface area contributed by atoms with Gasteiger partial charge in [0.1, 0.15) is 0 Å². The van der Waals surface area contributed by atoms with Crippen molar-refractivity contribution in [1.29, 1.82) is 0 Å². The van der Waals surface area contributed by atoms with E-state index in [2.05, 4.69) is 59.5 Å². The molecule has 1 aromatic heterocycles. The minimum absolute atomic E-state index is 0.303. The highest BCUT2D eigenvalue weighted by Crippen LogP contribution is 2.17. The third-order valence-electron chi connectivity index (χ3n) is 4.21. The fraction of sp³-hybridized carbons (Fsp3) is 0.556. The number of nitrogens with zero attached hydrogens (tertiary/aromatic N) is 1. The van der Waals surface area contributed by atoms with Crippen LogP contribution in [0.5, 0.6) is 0 Å². The van der Waals surface area contributed by atoms with Gasteiger partial charge < -0.3 is 15.0 Å². The van der Waals surface area contributed by atoms with Gasteiger partial charge in [0.15, 0.2) is 0 Å². The van der Waals surface area contributed by atoms with Crippen molar-refractivity contribution >= 4 is 10.9 Å². The lowest BCUT2D eigenvalue weighted by atomic mass is 10.1. The summed E-state index contributed by atoms with van der Waals surface area (Å²) >= 11 is 0. The molecule has 2 heterocycles. The van der Waals surface area contributed by atoms with E-state index >= 15 is 0 Å². The Kier molecular flexibility index (Phi) is 5.13. The lowest BCUT2D eigenvalue weighted by Gasteiger charge is -2.34. The van der Waals surface area contributed by atoms with Crippen molar-refractivity contribution in [3.8, 4) is 0 Å². The molecule has 4 nitrogen and oxygen atoms in total. The van der Waals surface area contributed by atoms with Crippen molar-refractivity contribution < 1.29 is 4.74 Å². The van der Waals surface area contributed by atoms with Crippen molar-refractivity contribution in [2.75, 3.05) is 32.8 Å². The van der Waals surface area contributed by atoms with Crippen LogP contribution in [0.4, 0.5) is 0 Å². The van der Waals surface area contributed by atoms with Crippen LogP contribution in [-0.2, 0) is 11.3 Å². The molecule has 1 aliphatic heterocycles. The molecule has 1 aliphatic rings. The average Bonchev–Trinajstić information content (AvgIpc) is 2.91. The van der Waals surface area contributed by atoms with E-state index in [-0.39, 0.29) is 0 Å². The van der Waals surface area contributed by atoms with Crippen molar-refractivity contribution in [3.05, 3.63) is 36.0 Å². The summed E-state index contributed by atoms with van der Waals surface area (Å²) in [5.74, 6) is 0.720. The first kappa shape index (κ1) is 15.5. The predicted molar refractivity (Wildman–Crippen MR) is 91.0 cm³/mol. The molecule has 2 N–H and O–H groups in total. The SMILES string of the molecule is CC(C)CN1CCOC(CNCc2c[nH]c3ccccc23)C1. The summed E-state index contributed by atoms with van der Waals surface area (Å²) in [6.45, 7) is 10.5. The molecule has 2 aromatic rings. The van der Waals surface area contributed by atoms with Gasteiger partial charge in [-0.15, -0.1) is 0 Å².